The molecule has 0 aromatic heterocycles. The van der Waals surface area contributed by atoms with Crippen LogP contribution in [0.2, 0.25) is 0 Å². The lowest BCUT2D eigenvalue weighted by molar-refractivity contribution is -0.113. The zero-order valence-corrected chi connectivity index (χ0v) is 4.85. The third-order valence-electron chi connectivity index (χ3n) is 0.532. The molecule has 8 heavy (non-hydrogen) atoms. The zero-order chi connectivity index (χ0) is 6.57. The van der Waals surface area contributed by atoms with Crippen molar-refractivity contribution < 1.29 is 4.79 Å². The van der Waals surface area contributed by atoms with Gasteiger partial charge in [0.2, 0.25) is 5.91 Å². The fourth-order valence-corrected chi connectivity index (χ4v) is 0.224. The van der Waals surface area contributed by atoms with Gasteiger partial charge in [-0.15, -0.1) is 0 Å². The van der Waals surface area contributed by atoms with E-state index in [4.69, 9.17) is 5.73 Å². The maximum atomic E-state index is 10.00. The summed E-state index contributed by atoms with van der Waals surface area (Å²) < 4.78 is 0. The van der Waals surface area contributed by atoms with E-state index in [9.17, 15) is 4.79 Å². The van der Waals surface area contributed by atoms with Crippen LogP contribution in [-0.4, -0.2) is 5.91 Å². The molecule has 0 bridgehead atoms. The molecule has 2 heteroatoms. The highest BCUT2D eigenvalue weighted by molar-refractivity contribution is 5.86. The first kappa shape index (κ1) is 6.95. The second kappa shape index (κ2) is 3.02. The SMILES string of the molecule is C=C(C)C=CC(N)=O. The third kappa shape index (κ3) is 4.95. The lowest BCUT2D eigenvalue weighted by atomic mass is 10.3. The first-order chi connectivity index (χ1) is 3.63. The number of amides is 1. The minimum Gasteiger partial charge on any atom is -0.366 e. The Morgan fingerprint density at radius 2 is 2.12 bits per heavy atom. The third-order valence-corrected chi connectivity index (χ3v) is 0.532. The number of carbonyl (C=O) groups is 1. The van der Waals surface area contributed by atoms with E-state index in [-0.39, 0.29) is 0 Å². The van der Waals surface area contributed by atoms with E-state index in [1.54, 1.807) is 13.0 Å². The van der Waals surface area contributed by atoms with E-state index in [0.29, 0.717) is 0 Å². The molecule has 0 aliphatic carbocycles. The molecule has 0 atom stereocenters. The minimum atomic E-state index is -0.437. The van der Waals surface area contributed by atoms with Gasteiger partial charge in [0.15, 0.2) is 0 Å². The molecule has 2 nitrogen and oxygen atoms in total. The average molecular weight is 111 g/mol. The van der Waals surface area contributed by atoms with Gasteiger partial charge in [0.05, 0.1) is 0 Å². The van der Waals surface area contributed by atoms with Gasteiger partial charge in [0.1, 0.15) is 0 Å². The van der Waals surface area contributed by atoms with Crippen LogP contribution < -0.4 is 5.73 Å². The van der Waals surface area contributed by atoms with Crippen LogP contribution in [0.15, 0.2) is 24.3 Å². The van der Waals surface area contributed by atoms with Gasteiger partial charge in [-0.05, 0) is 6.92 Å². The fourth-order valence-electron chi connectivity index (χ4n) is 0.224. The summed E-state index contributed by atoms with van der Waals surface area (Å²) in [6.45, 7) is 5.32. The Balaban J connectivity index is 3.67. The zero-order valence-electron chi connectivity index (χ0n) is 4.85. The molecule has 0 heterocycles. The Kier molecular flexibility index (Phi) is 2.62. The highest BCUT2D eigenvalue weighted by Crippen LogP contribution is 1.86. The van der Waals surface area contributed by atoms with E-state index in [2.05, 4.69) is 6.58 Å². The van der Waals surface area contributed by atoms with Gasteiger partial charge in [0, 0.05) is 6.08 Å². The smallest absolute Gasteiger partial charge is 0.241 e. The number of primary amides is 1. The summed E-state index contributed by atoms with van der Waals surface area (Å²) in [5.74, 6) is -0.437. The van der Waals surface area contributed by atoms with E-state index < -0.39 is 5.91 Å². The quantitative estimate of drug-likeness (QED) is 0.411. The van der Waals surface area contributed by atoms with Crippen LogP contribution in [0.5, 0.6) is 0 Å². The second-order valence-electron chi connectivity index (χ2n) is 1.58. The number of hydrogen-bond acceptors (Lipinski definition) is 1. The molecule has 0 unspecified atom stereocenters. The molecule has 0 aromatic carbocycles. The largest absolute Gasteiger partial charge is 0.366 e. The minimum absolute atomic E-state index is 0.437. The van der Waals surface area contributed by atoms with Crippen LogP contribution in [0.4, 0.5) is 0 Å². The van der Waals surface area contributed by atoms with Crippen LogP contribution in [0, 0.1) is 0 Å². The summed E-state index contributed by atoms with van der Waals surface area (Å²) in [5.41, 5.74) is 5.60. The molecule has 2 N–H and O–H groups in total. The molecule has 44 valence electrons. The summed E-state index contributed by atoms with van der Waals surface area (Å²) in [4.78, 5) is 10.00. The highest BCUT2D eigenvalue weighted by Gasteiger charge is 1.79. The van der Waals surface area contributed by atoms with Gasteiger partial charge in [-0.1, -0.05) is 18.2 Å². The normalized spacial score (nSPS) is 9.62. The topological polar surface area (TPSA) is 43.1 Å². The molecule has 0 saturated heterocycles. The van der Waals surface area contributed by atoms with Gasteiger partial charge in [-0.2, -0.15) is 0 Å². The van der Waals surface area contributed by atoms with E-state index in [1.807, 2.05) is 0 Å². The Morgan fingerprint density at radius 3 is 2.25 bits per heavy atom. The molecule has 1 amide bonds. The van der Waals surface area contributed by atoms with Gasteiger partial charge in [-0.25, -0.2) is 0 Å². The maximum Gasteiger partial charge on any atom is 0.241 e. The Morgan fingerprint density at radius 1 is 1.62 bits per heavy atom. The molecule has 0 aliphatic rings. The number of carbonyl (C=O) groups excluding carboxylic acids is 1. The Hall–Kier alpha value is -1.05. The summed E-state index contributed by atoms with van der Waals surface area (Å²) in [5, 5.41) is 0. The number of allylic oxidation sites excluding steroid dienone is 2. The van der Waals surface area contributed by atoms with Crippen molar-refractivity contribution in [3.63, 3.8) is 0 Å². The Labute approximate surface area is 48.7 Å². The number of hydrogen-bond donors (Lipinski definition) is 1. The molecular formula is C6H9NO. The van der Waals surface area contributed by atoms with Crippen LogP contribution in [0.25, 0.3) is 0 Å². The van der Waals surface area contributed by atoms with Crippen molar-refractivity contribution in [3.05, 3.63) is 24.3 Å². The molecule has 0 aliphatic heterocycles. The van der Waals surface area contributed by atoms with Crippen molar-refractivity contribution in [2.45, 2.75) is 6.92 Å². The van der Waals surface area contributed by atoms with Crippen LogP contribution in [0.1, 0.15) is 6.92 Å². The van der Waals surface area contributed by atoms with E-state index >= 15 is 0 Å². The molecule has 0 spiro atoms. The molecule has 0 rings (SSSR count). The van der Waals surface area contributed by atoms with Gasteiger partial charge in [0.25, 0.3) is 0 Å². The van der Waals surface area contributed by atoms with Crippen LogP contribution >= 0.6 is 0 Å². The summed E-state index contributed by atoms with van der Waals surface area (Å²) >= 11 is 0. The van der Waals surface area contributed by atoms with E-state index in [0.717, 1.165) is 5.57 Å². The predicted molar refractivity (Wildman–Crippen MR) is 33.1 cm³/mol. The maximum absolute atomic E-state index is 10.00. The summed E-state index contributed by atoms with van der Waals surface area (Å²) in [7, 11) is 0. The van der Waals surface area contributed by atoms with Crippen molar-refractivity contribution in [2.75, 3.05) is 0 Å². The molecule has 0 aromatic rings. The van der Waals surface area contributed by atoms with Crippen molar-refractivity contribution in [3.8, 4) is 0 Å². The predicted octanol–water partition coefficient (Wildman–Crippen LogP) is 0.604. The summed E-state index contributed by atoms with van der Waals surface area (Å²) in [6.07, 6.45) is 2.85. The standard InChI is InChI=1S/C6H9NO/c1-5(2)3-4-6(7)8/h3-4H,1H2,2H3,(H2,7,8). The van der Waals surface area contributed by atoms with Crippen molar-refractivity contribution in [2.24, 2.45) is 5.73 Å². The van der Waals surface area contributed by atoms with E-state index in [1.165, 1.54) is 6.08 Å². The molecule has 0 saturated carbocycles. The molecular weight excluding hydrogens is 102 g/mol. The number of rotatable bonds is 2. The number of nitrogens with two attached hydrogens (primary N) is 1. The monoisotopic (exact) mass is 111 g/mol. The van der Waals surface area contributed by atoms with Crippen molar-refractivity contribution >= 4 is 5.91 Å². The van der Waals surface area contributed by atoms with Gasteiger partial charge >= 0.3 is 0 Å². The lowest BCUT2D eigenvalue weighted by Gasteiger charge is -1.80. The van der Waals surface area contributed by atoms with Gasteiger partial charge in [-0.3, -0.25) is 4.79 Å². The van der Waals surface area contributed by atoms with Crippen LogP contribution in [-0.2, 0) is 4.79 Å². The fraction of sp³-hybridized carbons (Fsp3) is 0.167. The highest BCUT2D eigenvalue weighted by atomic mass is 16.1. The second-order valence-corrected chi connectivity index (χ2v) is 1.58. The first-order valence-electron chi connectivity index (χ1n) is 2.26. The average Bonchev–Trinajstić information content (AvgIpc) is 1.61. The Bertz CT molecular complexity index is 119. The first-order valence-corrected chi connectivity index (χ1v) is 2.26. The summed E-state index contributed by atoms with van der Waals surface area (Å²) in [6, 6.07) is 0. The van der Waals surface area contributed by atoms with Crippen LogP contribution in [0.3, 0.4) is 0 Å². The van der Waals surface area contributed by atoms with Gasteiger partial charge < -0.3 is 5.73 Å². The van der Waals surface area contributed by atoms with Crippen molar-refractivity contribution in [1.82, 2.24) is 0 Å². The van der Waals surface area contributed by atoms with Crippen molar-refractivity contribution in [1.29, 1.82) is 0 Å². The lowest BCUT2D eigenvalue weighted by Crippen LogP contribution is -2.05. The molecule has 0 fully saturated rings. The molecule has 0 radical (unpaired) electrons.